The molecule has 0 aromatic carbocycles. The number of carbonyl (C=O) groups is 1. The molecular formula is C11H22N2O3. The fourth-order valence-electron chi connectivity index (χ4n) is 1.80. The summed E-state index contributed by atoms with van der Waals surface area (Å²) in [5.74, 6) is 0.161. The Morgan fingerprint density at radius 2 is 2.00 bits per heavy atom. The van der Waals surface area contributed by atoms with E-state index in [4.69, 9.17) is 9.84 Å². The lowest BCUT2D eigenvalue weighted by Gasteiger charge is -2.28. The zero-order valence-electron chi connectivity index (χ0n) is 10.1. The normalized spacial score (nSPS) is 20.6. The minimum absolute atomic E-state index is 0.0347. The number of carbonyl (C=O) groups excluding carboxylic acids is 1. The van der Waals surface area contributed by atoms with Gasteiger partial charge in [0.15, 0.2) is 0 Å². The number of hydrogen-bond acceptors (Lipinski definition) is 4. The Kier molecular flexibility index (Phi) is 5.73. The Balaban J connectivity index is 2.26. The molecule has 2 N–H and O–H groups in total. The van der Waals surface area contributed by atoms with Crippen molar-refractivity contribution in [3.8, 4) is 0 Å². The summed E-state index contributed by atoms with van der Waals surface area (Å²) in [5.41, 5.74) is 0. The molecule has 1 heterocycles. The highest BCUT2D eigenvalue weighted by atomic mass is 16.5. The highest BCUT2D eigenvalue weighted by Crippen LogP contribution is 2.03. The fraction of sp³-hybridized carbons (Fsp3) is 0.909. The van der Waals surface area contributed by atoms with Crippen LogP contribution in [0.5, 0.6) is 0 Å². The van der Waals surface area contributed by atoms with E-state index in [1.165, 1.54) is 0 Å². The maximum atomic E-state index is 11.8. The van der Waals surface area contributed by atoms with Crippen molar-refractivity contribution in [3.63, 3.8) is 0 Å². The maximum Gasteiger partial charge on any atom is 0.224 e. The minimum Gasteiger partial charge on any atom is -0.395 e. The molecule has 1 fully saturated rings. The van der Waals surface area contributed by atoms with E-state index in [-0.39, 0.29) is 24.6 Å². The summed E-state index contributed by atoms with van der Waals surface area (Å²) in [6.45, 7) is 6.62. The molecule has 0 bridgehead atoms. The van der Waals surface area contributed by atoms with E-state index in [1.807, 2.05) is 18.7 Å². The Hall–Kier alpha value is -0.650. The number of rotatable bonds is 5. The van der Waals surface area contributed by atoms with Gasteiger partial charge in [-0.05, 0) is 13.8 Å². The van der Waals surface area contributed by atoms with Gasteiger partial charge in [-0.15, -0.1) is 0 Å². The van der Waals surface area contributed by atoms with Gasteiger partial charge in [0.05, 0.1) is 19.8 Å². The third-order valence-corrected chi connectivity index (χ3v) is 2.69. The van der Waals surface area contributed by atoms with Crippen molar-refractivity contribution < 1.29 is 14.6 Å². The zero-order chi connectivity index (χ0) is 12.0. The van der Waals surface area contributed by atoms with Crippen molar-refractivity contribution in [1.29, 1.82) is 0 Å². The molecule has 2 atom stereocenters. The Morgan fingerprint density at radius 3 is 2.56 bits per heavy atom. The van der Waals surface area contributed by atoms with E-state index in [9.17, 15) is 4.79 Å². The third-order valence-electron chi connectivity index (χ3n) is 2.69. The van der Waals surface area contributed by atoms with Crippen LogP contribution >= 0.6 is 0 Å². The lowest BCUT2D eigenvalue weighted by molar-refractivity contribution is -0.135. The van der Waals surface area contributed by atoms with Crippen LogP contribution in [0.1, 0.15) is 20.3 Å². The number of ether oxygens (including phenoxy) is 1. The van der Waals surface area contributed by atoms with Crippen LogP contribution in [-0.2, 0) is 9.53 Å². The van der Waals surface area contributed by atoms with Crippen LogP contribution in [0.2, 0.25) is 0 Å². The van der Waals surface area contributed by atoms with Gasteiger partial charge in [-0.1, -0.05) is 0 Å². The van der Waals surface area contributed by atoms with Gasteiger partial charge in [0, 0.05) is 31.6 Å². The van der Waals surface area contributed by atoms with Crippen LogP contribution < -0.4 is 5.32 Å². The summed E-state index contributed by atoms with van der Waals surface area (Å²) in [6.07, 6.45) is 0.477. The number of aliphatic hydroxyl groups excluding tert-OH is 1. The van der Waals surface area contributed by atoms with E-state index in [1.54, 1.807) is 0 Å². The van der Waals surface area contributed by atoms with E-state index in [0.29, 0.717) is 32.7 Å². The number of nitrogens with one attached hydrogen (secondary N) is 1. The zero-order valence-corrected chi connectivity index (χ0v) is 10.1. The fourth-order valence-corrected chi connectivity index (χ4v) is 1.80. The van der Waals surface area contributed by atoms with Gasteiger partial charge in [0.25, 0.3) is 0 Å². The molecule has 94 valence electrons. The second-order valence-electron chi connectivity index (χ2n) is 4.35. The van der Waals surface area contributed by atoms with Crippen molar-refractivity contribution in [2.45, 2.75) is 32.4 Å². The van der Waals surface area contributed by atoms with Gasteiger partial charge in [0.2, 0.25) is 5.91 Å². The summed E-state index contributed by atoms with van der Waals surface area (Å²) in [7, 11) is 0. The second kappa shape index (κ2) is 6.83. The predicted molar refractivity (Wildman–Crippen MR) is 61.2 cm³/mol. The van der Waals surface area contributed by atoms with Gasteiger partial charge >= 0.3 is 0 Å². The van der Waals surface area contributed by atoms with Crippen LogP contribution in [0.25, 0.3) is 0 Å². The number of amides is 1. The van der Waals surface area contributed by atoms with E-state index < -0.39 is 0 Å². The quantitative estimate of drug-likeness (QED) is 0.674. The average molecular weight is 230 g/mol. The second-order valence-corrected chi connectivity index (χ2v) is 4.35. The molecule has 1 saturated heterocycles. The first-order valence-corrected chi connectivity index (χ1v) is 5.86. The molecule has 1 aliphatic rings. The first-order valence-electron chi connectivity index (χ1n) is 5.86. The first kappa shape index (κ1) is 13.4. The molecule has 1 aliphatic heterocycles. The molecule has 0 radical (unpaired) electrons. The maximum absolute atomic E-state index is 11.8. The highest BCUT2D eigenvalue weighted by Gasteiger charge is 2.19. The SMILES string of the molecule is CC(CO)NC(C)CC(=O)N1CCOCC1. The summed E-state index contributed by atoms with van der Waals surface area (Å²) >= 11 is 0. The Bertz CT molecular complexity index is 217. The van der Waals surface area contributed by atoms with Gasteiger partial charge in [-0.25, -0.2) is 0 Å². The van der Waals surface area contributed by atoms with Gasteiger partial charge in [0.1, 0.15) is 0 Å². The monoisotopic (exact) mass is 230 g/mol. The number of aliphatic hydroxyl groups is 1. The van der Waals surface area contributed by atoms with Crippen LogP contribution in [-0.4, -0.2) is 60.9 Å². The molecule has 0 aromatic heterocycles. The molecule has 0 saturated carbocycles. The van der Waals surface area contributed by atoms with Crippen molar-refractivity contribution in [2.24, 2.45) is 0 Å². The number of morpholine rings is 1. The standard InChI is InChI=1S/C11H22N2O3/c1-9(12-10(2)8-14)7-11(15)13-3-5-16-6-4-13/h9-10,12,14H,3-8H2,1-2H3. The summed E-state index contributed by atoms with van der Waals surface area (Å²) in [6, 6.07) is 0.130. The van der Waals surface area contributed by atoms with Gasteiger partial charge < -0.3 is 20.1 Å². The molecule has 5 nitrogen and oxygen atoms in total. The lowest BCUT2D eigenvalue weighted by Crippen LogP contribution is -2.45. The van der Waals surface area contributed by atoms with Crippen molar-refractivity contribution in [3.05, 3.63) is 0 Å². The molecule has 0 aliphatic carbocycles. The van der Waals surface area contributed by atoms with Crippen molar-refractivity contribution >= 4 is 5.91 Å². The van der Waals surface area contributed by atoms with Gasteiger partial charge in [-0.2, -0.15) is 0 Å². The average Bonchev–Trinajstić information content (AvgIpc) is 2.29. The number of hydrogen-bond donors (Lipinski definition) is 2. The molecule has 1 amide bonds. The largest absolute Gasteiger partial charge is 0.395 e. The van der Waals surface area contributed by atoms with Crippen LogP contribution in [0.3, 0.4) is 0 Å². The van der Waals surface area contributed by atoms with Crippen LogP contribution in [0, 0.1) is 0 Å². The molecule has 2 unspecified atom stereocenters. The Morgan fingerprint density at radius 1 is 1.38 bits per heavy atom. The summed E-state index contributed by atoms with van der Waals surface area (Å²) in [4.78, 5) is 13.7. The number of nitrogens with zero attached hydrogens (tertiary/aromatic N) is 1. The van der Waals surface area contributed by atoms with Crippen molar-refractivity contribution in [2.75, 3.05) is 32.9 Å². The Labute approximate surface area is 96.8 Å². The topological polar surface area (TPSA) is 61.8 Å². The van der Waals surface area contributed by atoms with Gasteiger partial charge in [-0.3, -0.25) is 4.79 Å². The highest BCUT2D eigenvalue weighted by molar-refractivity contribution is 5.76. The lowest BCUT2D eigenvalue weighted by atomic mass is 10.2. The first-order chi connectivity index (χ1) is 7.63. The van der Waals surface area contributed by atoms with Crippen LogP contribution in [0.4, 0.5) is 0 Å². The van der Waals surface area contributed by atoms with Crippen LogP contribution in [0.15, 0.2) is 0 Å². The molecule has 1 rings (SSSR count). The third kappa shape index (κ3) is 4.47. The minimum atomic E-state index is 0.0347. The van der Waals surface area contributed by atoms with E-state index >= 15 is 0 Å². The molecule has 5 heteroatoms. The predicted octanol–water partition coefficient (Wildman–Crippen LogP) is -0.406. The smallest absolute Gasteiger partial charge is 0.224 e. The molecular weight excluding hydrogens is 208 g/mol. The molecule has 0 spiro atoms. The van der Waals surface area contributed by atoms with Crippen molar-refractivity contribution in [1.82, 2.24) is 10.2 Å². The summed E-state index contributed by atoms with van der Waals surface area (Å²) in [5, 5.41) is 12.1. The molecule has 0 aromatic rings. The van der Waals surface area contributed by atoms with E-state index in [2.05, 4.69) is 5.32 Å². The van der Waals surface area contributed by atoms with E-state index in [0.717, 1.165) is 0 Å². The molecule has 16 heavy (non-hydrogen) atoms. The summed E-state index contributed by atoms with van der Waals surface area (Å²) < 4.78 is 5.19.